The van der Waals surface area contributed by atoms with Gasteiger partial charge in [-0.3, -0.25) is 4.98 Å². The molecule has 2 aliphatic heterocycles. The molecule has 0 bridgehead atoms. The van der Waals surface area contributed by atoms with E-state index in [-0.39, 0.29) is 18.0 Å². The predicted octanol–water partition coefficient (Wildman–Crippen LogP) is 5.23. The van der Waals surface area contributed by atoms with Crippen molar-refractivity contribution >= 4 is 16.7 Å². The summed E-state index contributed by atoms with van der Waals surface area (Å²) in [6.07, 6.45) is 6.40. The highest BCUT2D eigenvalue weighted by Gasteiger charge is 2.26. The zero-order valence-corrected chi connectivity index (χ0v) is 21.1. The normalized spacial score (nSPS) is 20.4. The lowest BCUT2D eigenvalue weighted by atomic mass is 9.99. The number of hydrogen-bond acceptors (Lipinski definition) is 7. The number of halogens is 1. The van der Waals surface area contributed by atoms with Crippen molar-refractivity contribution < 1.29 is 18.6 Å². The quantitative estimate of drug-likeness (QED) is 0.369. The van der Waals surface area contributed by atoms with Gasteiger partial charge in [-0.2, -0.15) is 5.10 Å². The van der Waals surface area contributed by atoms with Crippen LogP contribution in [0, 0.1) is 5.82 Å². The average Bonchev–Trinajstić information content (AvgIpc) is 3.43. The number of nitrogens with zero attached hydrogens (tertiary/aromatic N) is 5. The van der Waals surface area contributed by atoms with E-state index in [0.29, 0.717) is 43.1 Å². The summed E-state index contributed by atoms with van der Waals surface area (Å²) in [4.78, 5) is 12.1. The lowest BCUT2D eigenvalue weighted by molar-refractivity contribution is -0.0383. The van der Waals surface area contributed by atoms with E-state index in [4.69, 9.17) is 24.2 Å². The Balaban J connectivity index is 1.59. The molecule has 2 aliphatic rings. The average molecular weight is 504 g/mol. The number of rotatable bonds is 5. The highest BCUT2D eigenvalue weighted by molar-refractivity contribution is 6.01. The van der Waals surface area contributed by atoms with Crippen LogP contribution in [0.4, 0.5) is 10.2 Å². The van der Waals surface area contributed by atoms with E-state index in [1.54, 1.807) is 30.6 Å². The van der Waals surface area contributed by atoms with Gasteiger partial charge in [0, 0.05) is 36.5 Å². The van der Waals surface area contributed by atoms with Gasteiger partial charge in [-0.25, -0.2) is 14.1 Å². The minimum Gasteiger partial charge on any atom is -0.494 e. The van der Waals surface area contributed by atoms with Crippen molar-refractivity contribution in [2.45, 2.75) is 38.5 Å². The second-order valence-electron chi connectivity index (χ2n) is 9.51. The molecule has 0 spiro atoms. The van der Waals surface area contributed by atoms with E-state index < -0.39 is 5.82 Å². The molecule has 2 fully saturated rings. The Labute approximate surface area is 215 Å². The number of morpholine rings is 1. The molecule has 0 saturated carbocycles. The fraction of sp³-hybridized carbons (Fsp3) is 0.393. The van der Waals surface area contributed by atoms with Gasteiger partial charge in [-0.05, 0) is 56.0 Å². The van der Waals surface area contributed by atoms with Gasteiger partial charge in [0.15, 0.2) is 17.8 Å². The van der Waals surface area contributed by atoms with Crippen molar-refractivity contribution in [2.75, 3.05) is 38.4 Å². The zero-order chi connectivity index (χ0) is 25.4. The Kier molecular flexibility index (Phi) is 6.48. The maximum Gasteiger partial charge on any atom is 0.172 e. The van der Waals surface area contributed by atoms with Crippen molar-refractivity contribution in [3.8, 4) is 28.3 Å². The van der Waals surface area contributed by atoms with Crippen molar-refractivity contribution in [3.63, 3.8) is 0 Å². The number of anilines is 1. The second kappa shape index (κ2) is 10.1. The largest absolute Gasteiger partial charge is 0.494 e. The number of pyridine rings is 2. The SMILES string of the molecule is COc1cccc(-c2cc(N3CCOCC3C)nc3c(-c4ccnn4C4CCCCO4)nccc23)c1F. The summed E-state index contributed by atoms with van der Waals surface area (Å²) >= 11 is 0. The first-order chi connectivity index (χ1) is 18.2. The standard InChI is InChI=1S/C28H30FN5O3/c1-18-17-36-15-13-33(18)24-16-21(19-6-5-7-23(35-2)26(19)29)20-9-11-30-28(27(20)32-24)22-10-12-31-34(22)25-8-3-4-14-37-25/h5-7,9-12,16,18,25H,3-4,8,13-15,17H2,1-2H3. The van der Waals surface area contributed by atoms with E-state index in [1.165, 1.54) is 7.11 Å². The van der Waals surface area contributed by atoms with E-state index in [1.807, 2.05) is 22.9 Å². The molecule has 1 aromatic carbocycles. The van der Waals surface area contributed by atoms with Gasteiger partial charge >= 0.3 is 0 Å². The second-order valence-corrected chi connectivity index (χ2v) is 9.51. The molecule has 9 heteroatoms. The van der Waals surface area contributed by atoms with Crippen LogP contribution in [0.25, 0.3) is 33.4 Å². The van der Waals surface area contributed by atoms with Gasteiger partial charge in [0.1, 0.15) is 17.0 Å². The number of aromatic nitrogens is 4. The lowest BCUT2D eigenvalue weighted by Gasteiger charge is -2.34. The highest BCUT2D eigenvalue weighted by Crippen LogP contribution is 2.39. The number of methoxy groups -OCH3 is 1. The van der Waals surface area contributed by atoms with Crippen LogP contribution in [-0.2, 0) is 9.47 Å². The maximum atomic E-state index is 15.6. The van der Waals surface area contributed by atoms with Crippen LogP contribution in [0.5, 0.6) is 5.75 Å². The molecule has 2 saturated heterocycles. The smallest absolute Gasteiger partial charge is 0.172 e. The van der Waals surface area contributed by atoms with E-state index in [0.717, 1.165) is 41.7 Å². The van der Waals surface area contributed by atoms with Crippen LogP contribution in [0.15, 0.2) is 48.8 Å². The Morgan fingerprint density at radius 3 is 2.81 bits per heavy atom. The van der Waals surface area contributed by atoms with Crippen molar-refractivity contribution in [2.24, 2.45) is 0 Å². The molecular formula is C28H30FN5O3. The van der Waals surface area contributed by atoms with Crippen LogP contribution in [0.2, 0.25) is 0 Å². The third-order valence-electron chi connectivity index (χ3n) is 7.19. The molecular weight excluding hydrogens is 473 g/mol. The summed E-state index contributed by atoms with van der Waals surface area (Å²) < 4.78 is 34.5. The monoisotopic (exact) mass is 503 g/mol. The zero-order valence-electron chi connectivity index (χ0n) is 21.1. The first kappa shape index (κ1) is 23.8. The van der Waals surface area contributed by atoms with E-state index in [9.17, 15) is 0 Å². The molecule has 0 N–H and O–H groups in total. The molecule has 4 aromatic rings. The lowest BCUT2D eigenvalue weighted by Crippen LogP contribution is -2.44. The molecule has 0 amide bonds. The van der Waals surface area contributed by atoms with Crippen LogP contribution in [0.3, 0.4) is 0 Å². The highest BCUT2D eigenvalue weighted by atomic mass is 19.1. The van der Waals surface area contributed by atoms with Gasteiger partial charge in [-0.15, -0.1) is 0 Å². The molecule has 5 heterocycles. The molecule has 192 valence electrons. The number of ether oxygens (including phenoxy) is 3. The maximum absolute atomic E-state index is 15.6. The molecule has 3 aromatic heterocycles. The van der Waals surface area contributed by atoms with Gasteiger partial charge in [0.25, 0.3) is 0 Å². The fourth-order valence-electron chi connectivity index (χ4n) is 5.29. The Morgan fingerprint density at radius 1 is 1.08 bits per heavy atom. The molecule has 0 radical (unpaired) electrons. The van der Waals surface area contributed by atoms with Crippen LogP contribution in [-0.4, -0.2) is 59.3 Å². The van der Waals surface area contributed by atoms with Crippen LogP contribution >= 0.6 is 0 Å². The van der Waals surface area contributed by atoms with Crippen LogP contribution < -0.4 is 9.64 Å². The van der Waals surface area contributed by atoms with Crippen molar-refractivity contribution in [1.82, 2.24) is 19.7 Å². The summed E-state index contributed by atoms with van der Waals surface area (Å²) in [6, 6.07) is 11.1. The van der Waals surface area contributed by atoms with E-state index in [2.05, 4.69) is 16.9 Å². The molecule has 2 atom stereocenters. The first-order valence-electron chi connectivity index (χ1n) is 12.8. The van der Waals surface area contributed by atoms with Gasteiger partial charge < -0.3 is 19.1 Å². The number of hydrogen-bond donors (Lipinski definition) is 0. The first-order valence-corrected chi connectivity index (χ1v) is 12.8. The van der Waals surface area contributed by atoms with E-state index >= 15 is 4.39 Å². The molecule has 37 heavy (non-hydrogen) atoms. The summed E-state index contributed by atoms with van der Waals surface area (Å²) in [6.45, 7) is 4.73. The third-order valence-corrected chi connectivity index (χ3v) is 7.19. The Hall–Kier alpha value is -3.56. The number of benzene rings is 1. The summed E-state index contributed by atoms with van der Waals surface area (Å²) in [5.41, 5.74) is 3.40. The van der Waals surface area contributed by atoms with Crippen LogP contribution in [0.1, 0.15) is 32.4 Å². The Bertz CT molecular complexity index is 1420. The minimum atomic E-state index is -0.405. The topological polar surface area (TPSA) is 74.5 Å². The molecule has 0 aliphatic carbocycles. The van der Waals surface area contributed by atoms with Crippen molar-refractivity contribution in [3.05, 3.63) is 54.6 Å². The summed E-state index contributed by atoms with van der Waals surface area (Å²) in [7, 11) is 1.48. The minimum absolute atomic E-state index is 0.128. The van der Waals surface area contributed by atoms with Crippen molar-refractivity contribution in [1.29, 1.82) is 0 Å². The fourth-order valence-corrected chi connectivity index (χ4v) is 5.29. The predicted molar refractivity (Wildman–Crippen MR) is 139 cm³/mol. The Morgan fingerprint density at radius 2 is 2.00 bits per heavy atom. The third kappa shape index (κ3) is 4.32. The molecule has 6 rings (SSSR count). The molecule has 2 unspecified atom stereocenters. The summed E-state index contributed by atoms with van der Waals surface area (Å²) in [5.74, 6) is 0.554. The van der Waals surface area contributed by atoms with Gasteiger partial charge in [0.2, 0.25) is 0 Å². The summed E-state index contributed by atoms with van der Waals surface area (Å²) in [5, 5.41) is 5.39. The number of fused-ring (bicyclic) bond motifs is 1. The van der Waals surface area contributed by atoms with Gasteiger partial charge in [-0.1, -0.05) is 12.1 Å². The van der Waals surface area contributed by atoms with Gasteiger partial charge in [0.05, 0.1) is 32.1 Å². The molecule has 8 nitrogen and oxygen atoms in total.